The highest BCUT2D eigenvalue weighted by Crippen LogP contribution is 2.33. The number of halogens is 3. The molecule has 1 aromatic heterocycles. The molecule has 0 radical (unpaired) electrons. The van der Waals surface area contributed by atoms with Crippen LogP contribution >= 0.6 is 11.6 Å². The summed E-state index contributed by atoms with van der Waals surface area (Å²) in [6, 6.07) is 8.94. The second kappa shape index (κ2) is 9.06. The van der Waals surface area contributed by atoms with Crippen molar-refractivity contribution in [2.24, 2.45) is 5.73 Å². The Kier molecular flexibility index (Phi) is 6.31. The number of rotatable bonds is 5. The van der Waals surface area contributed by atoms with Gasteiger partial charge in [-0.25, -0.2) is 18.4 Å². The van der Waals surface area contributed by atoms with Crippen LogP contribution in [0.1, 0.15) is 25.3 Å². The number of ketones is 1. The van der Waals surface area contributed by atoms with Gasteiger partial charge in [-0.05, 0) is 31.0 Å². The van der Waals surface area contributed by atoms with E-state index in [1.54, 1.807) is 30.3 Å². The molecule has 1 saturated heterocycles. The standard InChI is InChI=1S/C24H23ClF2N4O3/c1-24(27)11-19(20(32)10-9-14-5-4-7-16(25)21(14)26)31(13-24)23(34)29-17-12-30(22(28)33)18-8-3-2-6-15(17)18/h2-8,12,19H,9-11,13H2,1H3,(H2,28,33)(H,29,34)/t19-,24+/m0/s1. The Morgan fingerprint density at radius 3 is 2.68 bits per heavy atom. The molecule has 0 aliphatic carbocycles. The van der Waals surface area contributed by atoms with Crippen LogP contribution in [0.4, 0.5) is 24.1 Å². The molecule has 178 valence electrons. The number of nitrogens with two attached hydrogens (primary N) is 1. The van der Waals surface area contributed by atoms with Crippen molar-refractivity contribution in [2.45, 2.75) is 37.9 Å². The van der Waals surface area contributed by atoms with E-state index in [4.69, 9.17) is 17.3 Å². The Balaban J connectivity index is 1.53. The topological polar surface area (TPSA) is 97.4 Å². The Labute approximate surface area is 199 Å². The van der Waals surface area contributed by atoms with E-state index in [1.807, 2.05) is 0 Å². The third-order valence-electron chi connectivity index (χ3n) is 5.99. The Hall–Kier alpha value is -3.46. The molecule has 0 spiro atoms. The number of alkyl halides is 1. The highest BCUT2D eigenvalue weighted by atomic mass is 35.5. The number of carbonyl (C=O) groups excluding carboxylic acids is 3. The van der Waals surface area contributed by atoms with Crippen LogP contribution in [-0.2, 0) is 11.2 Å². The molecule has 0 bridgehead atoms. The highest BCUT2D eigenvalue weighted by molar-refractivity contribution is 6.30. The molecule has 7 nitrogen and oxygen atoms in total. The molecule has 0 unspecified atom stereocenters. The highest BCUT2D eigenvalue weighted by Gasteiger charge is 2.46. The zero-order chi connectivity index (χ0) is 24.6. The van der Waals surface area contributed by atoms with Crippen molar-refractivity contribution in [1.29, 1.82) is 0 Å². The van der Waals surface area contributed by atoms with Gasteiger partial charge >= 0.3 is 12.1 Å². The second-order valence-electron chi connectivity index (χ2n) is 8.64. The number of hydrogen-bond donors (Lipinski definition) is 2. The molecule has 1 aliphatic rings. The number of urea groups is 1. The van der Waals surface area contributed by atoms with Crippen molar-refractivity contribution in [2.75, 3.05) is 11.9 Å². The summed E-state index contributed by atoms with van der Waals surface area (Å²) < 4.78 is 30.3. The van der Waals surface area contributed by atoms with Crippen LogP contribution in [0.2, 0.25) is 5.02 Å². The molecule has 1 fully saturated rings. The van der Waals surface area contributed by atoms with E-state index in [2.05, 4.69) is 5.32 Å². The maximum atomic E-state index is 14.9. The Bertz CT molecular complexity index is 1290. The van der Waals surface area contributed by atoms with Crippen LogP contribution in [-0.4, -0.2) is 45.6 Å². The van der Waals surface area contributed by atoms with E-state index in [0.717, 1.165) is 4.90 Å². The first-order valence-corrected chi connectivity index (χ1v) is 11.1. The minimum absolute atomic E-state index is 0.0433. The number of fused-ring (bicyclic) bond motifs is 1. The van der Waals surface area contributed by atoms with Crippen LogP contribution in [0.25, 0.3) is 10.9 Å². The summed E-state index contributed by atoms with van der Waals surface area (Å²) in [4.78, 5) is 39.0. The van der Waals surface area contributed by atoms with Crippen LogP contribution in [0, 0.1) is 5.82 Å². The third-order valence-corrected chi connectivity index (χ3v) is 6.28. The van der Waals surface area contributed by atoms with E-state index >= 15 is 0 Å². The first kappa shape index (κ1) is 23.7. The van der Waals surface area contributed by atoms with Gasteiger partial charge in [0.05, 0.1) is 28.8 Å². The lowest BCUT2D eigenvalue weighted by atomic mass is 9.98. The number of likely N-dealkylation sites (tertiary alicyclic amines) is 1. The summed E-state index contributed by atoms with van der Waals surface area (Å²) in [6.07, 6.45) is 1.21. The summed E-state index contributed by atoms with van der Waals surface area (Å²) in [6.45, 7) is 1.05. The van der Waals surface area contributed by atoms with E-state index in [9.17, 15) is 23.2 Å². The fourth-order valence-corrected chi connectivity index (χ4v) is 4.55. The largest absolute Gasteiger partial charge is 0.351 e. The number of aryl methyl sites for hydroxylation is 1. The van der Waals surface area contributed by atoms with Crippen LogP contribution < -0.4 is 11.1 Å². The zero-order valence-electron chi connectivity index (χ0n) is 18.4. The molecule has 3 aromatic rings. The predicted molar refractivity (Wildman–Crippen MR) is 125 cm³/mol. The lowest BCUT2D eigenvalue weighted by Gasteiger charge is -2.23. The van der Waals surface area contributed by atoms with Crippen molar-refractivity contribution in [3.63, 3.8) is 0 Å². The number of benzene rings is 2. The fourth-order valence-electron chi connectivity index (χ4n) is 4.36. The summed E-state index contributed by atoms with van der Waals surface area (Å²) in [7, 11) is 0. The number of nitrogens with zero attached hydrogens (tertiary/aromatic N) is 2. The van der Waals surface area contributed by atoms with Gasteiger partial charge in [-0.1, -0.05) is 41.9 Å². The molecular weight excluding hydrogens is 466 g/mol. The molecule has 1 aliphatic heterocycles. The van der Waals surface area contributed by atoms with Crippen molar-refractivity contribution in [1.82, 2.24) is 9.47 Å². The Morgan fingerprint density at radius 1 is 1.21 bits per heavy atom. The molecule has 2 heterocycles. The number of anilines is 1. The Morgan fingerprint density at radius 2 is 1.94 bits per heavy atom. The number of aromatic nitrogens is 1. The van der Waals surface area contributed by atoms with E-state index in [0.29, 0.717) is 16.6 Å². The molecular formula is C24H23ClF2N4O3. The number of hydrogen-bond acceptors (Lipinski definition) is 3. The summed E-state index contributed by atoms with van der Waals surface area (Å²) in [5.74, 6) is -0.977. The summed E-state index contributed by atoms with van der Waals surface area (Å²) in [5.41, 5.74) is 4.73. The molecule has 0 saturated carbocycles. The van der Waals surface area contributed by atoms with E-state index in [1.165, 1.54) is 29.8 Å². The van der Waals surface area contributed by atoms with Gasteiger partial charge in [0.15, 0.2) is 5.78 Å². The molecule has 3 amide bonds. The van der Waals surface area contributed by atoms with Crippen molar-refractivity contribution in [3.05, 3.63) is 65.1 Å². The molecule has 2 aromatic carbocycles. The predicted octanol–water partition coefficient (Wildman–Crippen LogP) is 4.90. The second-order valence-corrected chi connectivity index (χ2v) is 9.05. The maximum Gasteiger partial charge on any atom is 0.323 e. The number of carbonyl (C=O) groups is 3. The fraction of sp³-hybridized carbons (Fsp3) is 0.292. The quantitative estimate of drug-likeness (QED) is 0.534. The first-order chi connectivity index (χ1) is 16.1. The van der Waals surface area contributed by atoms with Gasteiger partial charge in [-0.2, -0.15) is 0 Å². The van der Waals surface area contributed by atoms with Gasteiger partial charge in [-0.15, -0.1) is 0 Å². The summed E-state index contributed by atoms with van der Waals surface area (Å²) in [5, 5.41) is 3.20. The van der Waals surface area contributed by atoms with Gasteiger partial charge < -0.3 is 16.0 Å². The van der Waals surface area contributed by atoms with Crippen molar-refractivity contribution < 1.29 is 23.2 Å². The van der Waals surface area contributed by atoms with Crippen LogP contribution in [0.15, 0.2) is 48.7 Å². The molecule has 3 N–H and O–H groups in total. The van der Waals surface area contributed by atoms with Crippen molar-refractivity contribution in [3.8, 4) is 0 Å². The van der Waals surface area contributed by atoms with Crippen LogP contribution in [0.3, 0.4) is 0 Å². The normalized spacial score (nSPS) is 20.0. The van der Waals surface area contributed by atoms with Gasteiger partial charge in [-0.3, -0.25) is 9.36 Å². The number of nitrogens with one attached hydrogen (secondary N) is 1. The number of Topliss-reactive ketones (excluding diaryl/α,β-unsaturated/α-hetero) is 1. The van der Waals surface area contributed by atoms with Crippen molar-refractivity contribution >= 4 is 46.0 Å². The van der Waals surface area contributed by atoms with Gasteiger partial charge in [0.1, 0.15) is 11.5 Å². The first-order valence-electron chi connectivity index (χ1n) is 10.7. The number of para-hydroxylation sites is 1. The van der Waals surface area contributed by atoms with Gasteiger partial charge in [0, 0.05) is 24.4 Å². The molecule has 10 heteroatoms. The van der Waals surface area contributed by atoms with Gasteiger partial charge in [0.2, 0.25) is 0 Å². The minimum Gasteiger partial charge on any atom is -0.351 e. The smallest absolute Gasteiger partial charge is 0.323 e. The number of amides is 3. The average Bonchev–Trinajstić information content (AvgIpc) is 3.32. The molecule has 4 rings (SSSR count). The zero-order valence-corrected chi connectivity index (χ0v) is 19.1. The average molecular weight is 489 g/mol. The lowest BCUT2D eigenvalue weighted by Crippen LogP contribution is -2.43. The minimum atomic E-state index is -1.76. The molecule has 34 heavy (non-hydrogen) atoms. The molecule has 2 atom stereocenters. The lowest BCUT2D eigenvalue weighted by molar-refractivity contribution is -0.122. The van der Waals surface area contributed by atoms with Gasteiger partial charge in [0.25, 0.3) is 0 Å². The third kappa shape index (κ3) is 4.61. The maximum absolute atomic E-state index is 14.9. The summed E-state index contributed by atoms with van der Waals surface area (Å²) >= 11 is 5.80. The SMILES string of the molecule is C[C@@]1(F)C[C@@H](C(=O)CCc2cccc(Cl)c2F)N(C(=O)Nc2cn(C(N)=O)c3ccccc23)C1. The van der Waals surface area contributed by atoms with E-state index < -0.39 is 29.6 Å². The number of primary amides is 1. The van der Waals surface area contributed by atoms with Crippen LogP contribution in [0.5, 0.6) is 0 Å². The monoisotopic (exact) mass is 488 g/mol. The van der Waals surface area contributed by atoms with E-state index in [-0.39, 0.29) is 42.2 Å².